The van der Waals surface area contributed by atoms with Crippen LogP contribution in [-0.2, 0) is 19.0 Å². The number of fused-ring (bicyclic) bond motifs is 5. The van der Waals surface area contributed by atoms with Gasteiger partial charge >= 0.3 is 6.18 Å². The number of hydrogen-bond donors (Lipinski definition) is 2. The fraction of sp³-hybridized carbons (Fsp3) is 0.316. The zero-order valence-corrected chi connectivity index (χ0v) is 14.9. The summed E-state index contributed by atoms with van der Waals surface area (Å²) in [5, 5.41) is 14.6. The second-order valence-corrected chi connectivity index (χ2v) is 6.90. The lowest BCUT2D eigenvalue weighted by atomic mass is 9.85. The number of halogens is 3. The number of nitrogens with one attached hydrogen (secondary N) is 2. The number of rotatable bonds is 2. The van der Waals surface area contributed by atoms with Crippen LogP contribution in [0.4, 0.5) is 13.2 Å². The first-order valence-corrected chi connectivity index (χ1v) is 8.96. The minimum Gasteiger partial charge on any atom is -0.479 e. The summed E-state index contributed by atoms with van der Waals surface area (Å²) in [6.07, 6.45) is 0.00967. The van der Waals surface area contributed by atoms with Crippen LogP contribution in [0, 0.1) is 0 Å². The van der Waals surface area contributed by atoms with E-state index in [2.05, 4.69) is 25.4 Å². The van der Waals surface area contributed by atoms with Crippen LogP contribution in [0.25, 0.3) is 33.1 Å². The Hall–Kier alpha value is -3.10. The summed E-state index contributed by atoms with van der Waals surface area (Å²) < 4.78 is 45.8. The minimum atomic E-state index is -4.53. The molecular weight excluding hydrogens is 371 g/mol. The number of aromatic amines is 2. The van der Waals surface area contributed by atoms with Gasteiger partial charge in [0.25, 0.3) is 0 Å². The highest BCUT2D eigenvalue weighted by Crippen LogP contribution is 2.42. The predicted octanol–water partition coefficient (Wildman–Crippen LogP) is 4.41. The average molecular weight is 387 g/mol. The van der Waals surface area contributed by atoms with Gasteiger partial charge in [0.2, 0.25) is 5.88 Å². The Morgan fingerprint density at radius 3 is 2.57 bits per heavy atom. The van der Waals surface area contributed by atoms with Crippen LogP contribution in [0.1, 0.15) is 29.7 Å². The van der Waals surface area contributed by atoms with Gasteiger partial charge in [0.1, 0.15) is 5.69 Å². The average Bonchev–Trinajstić information content (AvgIpc) is 3.33. The third kappa shape index (κ3) is 2.38. The highest BCUT2D eigenvalue weighted by molar-refractivity contribution is 6.10. The molecule has 0 bridgehead atoms. The Bertz CT molecular complexity index is 1210. The fourth-order valence-corrected chi connectivity index (χ4v) is 4.16. The van der Waals surface area contributed by atoms with Gasteiger partial charge in [-0.1, -0.05) is 0 Å². The van der Waals surface area contributed by atoms with E-state index >= 15 is 0 Å². The van der Waals surface area contributed by atoms with E-state index in [0.29, 0.717) is 23.5 Å². The number of aromatic nitrogens is 5. The van der Waals surface area contributed by atoms with Crippen molar-refractivity contribution in [2.75, 3.05) is 7.11 Å². The number of benzene rings is 1. The number of aryl methyl sites for hydroxylation is 1. The summed E-state index contributed by atoms with van der Waals surface area (Å²) in [5.74, 6) is 0.460. The first kappa shape index (κ1) is 17.0. The van der Waals surface area contributed by atoms with E-state index in [9.17, 15) is 13.2 Å². The zero-order valence-electron chi connectivity index (χ0n) is 14.9. The Labute approximate surface area is 157 Å². The lowest BCUT2D eigenvalue weighted by Crippen LogP contribution is -2.11. The Kier molecular flexibility index (Phi) is 3.62. The molecule has 0 unspecified atom stereocenters. The molecule has 3 heterocycles. The molecule has 4 aromatic rings. The number of H-pyrrole nitrogens is 2. The second-order valence-electron chi connectivity index (χ2n) is 6.90. The molecule has 5 rings (SSSR count). The van der Waals surface area contributed by atoms with Gasteiger partial charge in [0.05, 0.1) is 41.0 Å². The van der Waals surface area contributed by atoms with Gasteiger partial charge in [0, 0.05) is 5.39 Å². The molecule has 0 spiro atoms. The summed E-state index contributed by atoms with van der Waals surface area (Å²) in [6.45, 7) is 0. The predicted molar refractivity (Wildman–Crippen MR) is 97.2 cm³/mol. The molecule has 0 atom stereocenters. The van der Waals surface area contributed by atoms with Crippen LogP contribution in [-0.4, -0.2) is 32.5 Å². The van der Waals surface area contributed by atoms with Crippen molar-refractivity contribution in [3.05, 3.63) is 35.2 Å². The molecule has 0 fully saturated rings. The molecule has 1 aromatic carbocycles. The van der Waals surface area contributed by atoms with Gasteiger partial charge in [-0.25, -0.2) is 4.98 Å². The van der Waals surface area contributed by atoms with Crippen LogP contribution < -0.4 is 4.74 Å². The topological polar surface area (TPSA) is 79.5 Å². The van der Waals surface area contributed by atoms with Crippen LogP contribution in [0.3, 0.4) is 0 Å². The number of ether oxygens (including phenoxy) is 1. The molecule has 1 aliphatic carbocycles. The second kappa shape index (κ2) is 5.95. The molecule has 1 aliphatic rings. The molecule has 0 aliphatic heterocycles. The summed E-state index contributed by atoms with van der Waals surface area (Å²) >= 11 is 0. The van der Waals surface area contributed by atoms with Crippen molar-refractivity contribution in [1.29, 1.82) is 0 Å². The highest BCUT2D eigenvalue weighted by atomic mass is 19.4. The van der Waals surface area contributed by atoms with E-state index in [1.54, 1.807) is 13.2 Å². The summed E-state index contributed by atoms with van der Waals surface area (Å²) in [6, 6.07) is 3.63. The van der Waals surface area contributed by atoms with Crippen molar-refractivity contribution in [2.24, 2.45) is 0 Å². The van der Waals surface area contributed by atoms with Gasteiger partial charge in [-0.3, -0.25) is 10.2 Å². The maximum absolute atomic E-state index is 13.5. The molecule has 6 nitrogen and oxygen atoms in total. The normalized spacial score (nSPS) is 14.6. The number of hydrogen-bond acceptors (Lipinski definition) is 4. The van der Waals surface area contributed by atoms with E-state index in [4.69, 9.17) is 4.74 Å². The van der Waals surface area contributed by atoms with Crippen LogP contribution in [0.5, 0.6) is 5.88 Å². The molecule has 0 saturated heterocycles. The smallest absolute Gasteiger partial charge is 0.433 e. The quantitative estimate of drug-likeness (QED) is 0.534. The zero-order chi connectivity index (χ0) is 19.5. The molecular formula is C19H16F3N5O. The summed E-state index contributed by atoms with van der Waals surface area (Å²) in [7, 11) is 1.55. The standard InChI is InChI=1S/C19H16F3N5O/c1-28-18-15-13(25-27-18)7-6-12-14(15)9-4-2-3-5-10(9)16(24-12)11-8-23-26-17(11)19(20,21)22/h6-8H,2-5H2,1H3,(H,23,26)(H,25,27). The van der Waals surface area contributed by atoms with Crippen LogP contribution >= 0.6 is 0 Å². The van der Waals surface area contributed by atoms with Crippen molar-refractivity contribution in [2.45, 2.75) is 31.9 Å². The van der Waals surface area contributed by atoms with Crippen molar-refractivity contribution < 1.29 is 17.9 Å². The Morgan fingerprint density at radius 2 is 1.82 bits per heavy atom. The first-order chi connectivity index (χ1) is 13.5. The Balaban J connectivity index is 1.89. The number of methoxy groups -OCH3 is 1. The lowest BCUT2D eigenvalue weighted by Gasteiger charge is -2.22. The van der Waals surface area contributed by atoms with E-state index in [0.717, 1.165) is 46.7 Å². The number of pyridine rings is 1. The van der Waals surface area contributed by atoms with Crippen molar-refractivity contribution in [3.8, 4) is 17.1 Å². The number of nitrogens with zero attached hydrogens (tertiary/aromatic N) is 3. The third-order valence-corrected chi connectivity index (χ3v) is 5.33. The van der Waals surface area contributed by atoms with Crippen LogP contribution in [0.15, 0.2) is 18.3 Å². The molecule has 28 heavy (non-hydrogen) atoms. The monoisotopic (exact) mass is 387 g/mol. The molecule has 0 amide bonds. The van der Waals surface area contributed by atoms with Gasteiger partial charge < -0.3 is 4.74 Å². The molecule has 3 aromatic heterocycles. The van der Waals surface area contributed by atoms with E-state index in [-0.39, 0.29) is 5.56 Å². The van der Waals surface area contributed by atoms with Gasteiger partial charge in [-0.05, 0) is 48.9 Å². The molecule has 2 N–H and O–H groups in total. The fourth-order valence-electron chi connectivity index (χ4n) is 4.16. The number of alkyl halides is 3. The molecule has 144 valence electrons. The van der Waals surface area contributed by atoms with Gasteiger partial charge in [-0.2, -0.15) is 18.3 Å². The SMILES string of the molecule is COc1n[nH]c2ccc3nc(-c4cn[nH]c4C(F)(F)F)c4c(c3c12)CCCC4. The van der Waals surface area contributed by atoms with Crippen molar-refractivity contribution in [3.63, 3.8) is 0 Å². The van der Waals surface area contributed by atoms with Gasteiger partial charge in [-0.15, -0.1) is 5.10 Å². The van der Waals surface area contributed by atoms with Crippen LogP contribution in [0.2, 0.25) is 0 Å². The largest absolute Gasteiger partial charge is 0.479 e. The van der Waals surface area contributed by atoms with E-state index in [1.165, 1.54) is 6.20 Å². The first-order valence-electron chi connectivity index (χ1n) is 8.96. The molecule has 9 heteroatoms. The Morgan fingerprint density at radius 1 is 1.04 bits per heavy atom. The van der Waals surface area contributed by atoms with Crippen molar-refractivity contribution >= 4 is 21.8 Å². The van der Waals surface area contributed by atoms with E-state index in [1.807, 2.05) is 6.07 Å². The molecule has 0 radical (unpaired) electrons. The third-order valence-electron chi connectivity index (χ3n) is 5.33. The summed E-state index contributed by atoms with van der Waals surface area (Å²) in [4.78, 5) is 4.65. The molecule has 0 saturated carbocycles. The highest BCUT2D eigenvalue weighted by Gasteiger charge is 2.37. The maximum Gasteiger partial charge on any atom is 0.433 e. The van der Waals surface area contributed by atoms with Crippen molar-refractivity contribution in [1.82, 2.24) is 25.4 Å². The maximum atomic E-state index is 13.5. The minimum absolute atomic E-state index is 0.00759. The van der Waals surface area contributed by atoms with Gasteiger partial charge in [0.15, 0.2) is 0 Å². The summed E-state index contributed by atoms with van der Waals surface area (Å²) in [5.41, 5.74) is 2.78. The lowest BCUT2D eigenvalue weighted by molar-refractivity contribution is -0.140. The van der Waals surface area contributed by atoms with E-state index < -0.39 is 11.9 Å².